The summed E-state index contributed by atoms with van der Waals surface area (Å²) in [4.78, 5) is 10.6. The molecule has 0 heterocycles. The average Bonchev–Trinajstić information content (AvgIpc) is 2.15. The quantitative estimate of drug-likeness (QED) is 0.568. The van der Waals surface area contributed by atoms with Crippen LogP contribution < -0.4 is 5.32 Å². The Morgan fingerprint density at radius 3 is 2.22 bits per heavy atom. The van der Waals surface area contributed by atoms with E-state index < -0.39 is 40.4 Å². The Balaban J connectivity index is 4.54. The van der Waals surface area contributed by atoms with E-state index in [0.717, 1.165) is 0 Å². The molecule has 6 nitrogen and oxygen atoms in total. The van der Waals surface area contributed by atoms with Crippen molar-refractivity contribution in [2.24, 2.45) is 0 Å². The largest absolute Gasteiger partial charge is 0.449 e. The van der Waals surface area contributed by atoms with Crippen LogP contribution in [0, 0.1) is 0 Å². The maximum atomic E-state index is 12.8. The molecule has 0 aliphatic carbocycles. The highest BCUT2D eigenvalue weighted by Crippen LogP contribution is 2.40. The first-order chi connectivity index (χ1) is 7.95. The predicted octanol–water partition coefficient (Wildman–Crippen LogP) is 1.24. The number of ether oxygens (including phenoxy) is 1. The molecule has 0 radical (unpaired) electrons. The second kappa shape index (κ2) is 5.69. The highest BCUT2D eigenvalue weighted by molar-refractivity contribution is 7.87. The third kappa shape index (κ3) is 3.98. The molecule has 0 bridgehead atoms. The summed E-state index contributed by atoms with van der Waals surface area (Å²) in [6, 6.07) is 0. The van der Waals surface area contributed by atoms with Crippen LogP contribution >= 0.6 is 0 Å². The van der Waals surface area contributed by atoms with Crippen LogP contribution in [0.2, 0.25) is 0 Å². The van der Waals surface area contributed by atoms with Gasteiger partial charge in [-0.05, 0) is 6.92 Å². The van der Waals surface area contributed by atoms with E-state index in [1.54, 1.807) is 0 Å². The van der Waals surface area contributed by atoms with Crippen LogP contribution in [0.1, 0.15) is 13.3 Å². The number of hydrogen-bond acceptors (Lipinski definition) is 4. The Hall–Kier alpha value is -1.10. The molecule has 1 amide bonds. The highest BCUT2D eigenvalue weighted by atomic mass is 32.2. The molecule has 0 rings (SSSR count). The summed E-state index contributed by atoms with van der Waals surface area (Å²) in [5.41, 5.74) is 0. The summed E-state index contributed by atoms with van der Waals surface area (Å²) in [5.74, 6) is -5.06. The lowest BCUT2D eigenvalue weighted by atomic mass is 10.2. The van der Waals surface area contributed by atoms with Gasteiger partial charge in [0.05, 0.1) is 13.0 Å². The lowest BCUT2D eigenvalue weighted by Gasteiger charge is -2.23. The molecule has 18 heavy (non-hydrogen) atoms. The van der Waals surface area contributed by atoms with E-state index in [2.05, 4.69) is 4.74 Å². The summed E-state index contributed by atoms with van der Waals surface area (Å²) < 4.78 is 83.2. The standard InChI is InChI=1S/C7H11F4NO5S/c1-2-12-5(13)17-4-3-6(8,9)7(10,11)18(14,15)16/h2-4H2,1H3,(H,12,13)(H,14,15,16). The van der Waals surface area contributed by atoms with E-state index in [4.69, 9.17) is 4.55 Å². The van der Waals surface area contributed by atoms with Gasteiger partial charge < -0.3 is 10.1 Å². The number of halogens is 4. The van der Waals surface area contributed by atoms with Crippen LogP contribution in [0.3, 0.4) is 0 Å². The molecule has 0 aliphatic rings. The monoisotopic (exact) mass is 297 g/mol. The number of carbonyl (C=O) groups excluding carboxylic acids is 1. The van der Waals surface area contributed by atoms with E-state index in [9.17, 15) is 30.8 Å². The topological polar surface area (TPSA) is 92.7 Å². The molecular weight excluding hydrogens is 286 g/mol. The average molecular weight is 297 g/mol. The van der Waals surface area contributed by atoms with Gasteiger partial charge in [-0.3, -0.25) is 4.55 Å². The zero-order valence-electron chi connectivity index (χ0n) is 9.12. The number of amides is 1. The van der Waals surface area contributed by atoms with Crippen molar-refractivity contribution >= 4 is 16.2 Å². The summed E-state index contributed by atoms with van der Waals surface area (Å²) in [5, 5.41) is -3.61. The molecule has 0 spiro atoms. The maximum absolute atomic E-state index is 12.8. The van der Waals surface area contributed by atoms with Crippen LogP contribution in [0.25, 0.3) is 0 Å². The molecule has 0 aliphatic heterocycles. The lowest BCUT2D eigenvalue weighted by molar-refractivity contribution is -0.168. The molecule has 11 heteroatoms. The Morgan fingerprint density at radius 1 is 1.33 bits per heavy atom. The fourth-order valence-electron chi connectivity index (χ4n) is 0.801. The summed E-state index contributed by atoms with van der Waals surface area (Å²) in [6.45, 7) is 0.503. The van der Waals surface area contributed by atoms with Crippen LogP contribution in [-0.2, 0) is 14.9 Å². The number of nitrogens with one attached hydrogen (secondary N) is 1. The van der Waals surface area contributed by atoms with Crippen molar-refractivity contribution in [2.75, 3.05) is 13.2 Å². The Morgan fingerprint density at radius 2 is 1.83 bits per heavy atom. The normalized spacial score (nSPS) is 13.2. The Kier molecular flexibility index (Phi) is 5.35. The van der Waals surface area contributed by atoms with Crippen molar-refractivity contribution in [1.82, 2.24) is 5.32 Å². The van der Waals surface area contributed by atoms with Crippen molar-refractivity contribution < 1.29 is 40.1 Å². The second-order valence-corrected chi connectivity index (χ2v) is 4.58. The van der Waals surface area contributed by atoms with Crippen LogP contribution in [0.15, 0.2) is 0 Å². The third-order valence-electron chi connectivity index (χ3n) is 1.72. The number of carbonyl (C=O) groups is 1. The number of hydrogen-bond donors (Lipinski definition) is 2. The van der Waals surface area contributed by atoms with E-state index in [-0.39, 0.29) is 6.54 Å². The fraction of sp³-hybridized carbons (Fsp3) is 0.857. The van der Waals surface area contributed by atoms with Gasteiger partial charge in [-0.1, -0.05) is 0 Å². The SMILES string of the molecule is CCNC(=O)OCCC(F)(F)C(F)(F)S(=O)(=O)O. The first-order valence-electron chi connectivity index (χ1n) is 4.59. The first kappa shape index (κ1) is 16.9. The van der Waals surface area contributed by atoms with Gasteiger partial charge in [0.15, 0.2) is 0 Å². The molecule has 2 N–H and O–H groups in total. The number of rotatable bonds is 6. The molecule has 0 saturated carbocycles. The minimum absolute atomic E-state index is 0.135. The van der Waals surface area contributed by atoms with Crippen molar-refractivity contribution in [2.45, 2.75) is 24.5 Å². The molecule has 0 aromatic rings. The molecule has 108 valence electrons. The molecular formula is C7H11F4NO5S. The van der Waals surface area contributed by atoms with Gasteiger partial charge >= 0.3 is 27.4 Å². The highest BCUT2D eigenvalue weighted by Gasteiger charge is 2.65. The molecule has 0 saturated heterocycles. The minimum atomic E-state index is -6.26. The second-order valence-electron chi connectivity index (χ2n) is 3.11. The number of alkyl carbamates (subject to hydrolysis) is 1. The van der Waals surface area contributed by atoms with E-state index in [1.165, 1.54) is 6.92 Å². The smallest absolute Gasteiger partial charge is 0.431 e. The van der Waals surface area contributed by atoms with Crippen molar-refractivity contribution in [3.05, 3.63) is 0 Å². The third-order valence-corrected chi connectivity index (χ3v) is 2.67. The molecule has 0 aromatic heterocycles. The lowest BCUT2D eigenvalue weighted by Crippen LogP contribution is -2.47. The summed E-state index contributed by atoms with van der Waals surface area (Å²) in [6.07, 6.45) is -2.86. The van der Waals surface area contributed by atoms with Crippen LogP contribution in [0.5, 0.6) is 0 Å². The van der Waals surface area contributed by atoms with Crippen molar-refractivity contribution in [3.63, 3.8) is 0 Å². The van der Waals surface area contributed by atoms with Gasteiger partial charge in [-0.15, -0.1) is 0 Å². The van der Waals surface area contributed by atoms with E-state index in [1.807, 2.05) is 5.32 Å². The van der Waals surface area contributed by atoms with Gasteiger partial charge in [0.25, 0.3) is 0 Å². The van der Waals surface area contributed by atoms with Gasteiger partial charge in [0.1, 0.15) is 0 Å². The molecule has 0 atom stereocenters. The van der Waals surface area contributed by atoms with Crippen LogP contribution in [-0.4, -0.2) is 43.4 Å². The van der Waals surface area contributed by atoms with Crippen molar-refractivity contribution in [3.8, 4) is 0 Å². The predicted molar refractivity (Wildman–Crippen MR) is 51.1 cm³/mol. The van der Waals surface area contributed by atoms with Gasteiger partial charge in [-0.2, -0.15) is 26.0 Å². The van der Waals surface area contributed by atoms with E-state index in [0.29, 0.717) is 0 Å². The zero-order valence-corrected chi connectivity index (χ0v) is 9.94. The fourth-order valence-corrected chi connectivity index (χ4v) is 1.28. The number of alkyl halides is 4. The van der Waals surface area contributed by atoms with Crippen molar-refractivity contribution in [1.29, 1.82) is 0 Å². The first-order valence-corrected chi connectivity index (χ1v) is 6.03. The molecule has 0 unspecified atom stereocenters. The Bertz CT molecular complexity index is 397. The van der Waals surface area contributed by atoms with E-state index >= 15 is 0 Å². The van der Waals surface area contributed by atoms with Gasteiger partial charge in [0.2, 0.25) is 0 Å². The summed E-state index contributed by atoms with van der Waals surface area (Å²) >= 11 is 0. The molecule has 0 fully saturated rings. The van der Waals surface area contributed by atoms with Gasteiger partial charge in [-0.25, -0.2) is 4.79 Å². The summed E-state index contributed by atoms with van der Waals surface area (Å²) in [7, 11) is -6.26. The van der Waals surface area contributed by atoms with Crippen LogP contribution in [0.4, 0.5) is 22.4 Å². The van der Waals surface area contributed by atoms with Gasteiger partial charge in [0, 0.05) is 6.54 Å². The zero-order chi connectivity index (χ0) is 14.6. The maximum Gasteiger partial charge on any atom is 0.431 e. The molecule has 0 aromatic carbocycles. The minimum Gasteiger partial charge on any atom is -0.449 e. The Labute approximate surface area is 100 Å².